The first-order valence-corrected chi connectivity index (χ1v) is 8.33. The molecular weight excluding hydrogens is 250 g/mol. The van der Waals surface area contributed by atoms with Gasteiger partial charge in [-0.1, -0.05) is 20.3 Å². The van der Waals surface area contributed by atoms with Crippen molar-refractivity contribution >= 4 is 15.6 Å². The molecule has 102 valence electrons. The Morgan fingerprint density at radius 2 is 1.94 bits per heavy atom. The smallest absolute Gasteiger partial charge is 0.158 e. The van der Waals surface area contributed by atoms with Crippen molar-refractivity contribution in [1.29, 1.82) is 5.26 Å². The van der Waals surface area contributed by atoms with Gasteiger partial charge in [0.15, 0.2) is 5.78 Å². The molecule has 1 aliphatic rings. The van der Waals surface area contributed by atoms with Gasteiger partial charge < -0.3 is 0 Å². The monoisotopic (exact) mass is 271 g/mol. The second kappa shape index (κ2) is 5.00. The molecule has 0 aromatic carbocycles. The number of nitrogens with zero attached hydrogens (tertiary/aromatic N) is 1. The van der Waals surface area contributed by atoms with Crippen molar-refractivity contribution in [2.75, 3.05) is 12.0 Å². The van der Waals surface area contributed by atoms with E-state index in [2.05, 4.69) is 6.07 Å². The van der Waals surface area contributed by atoms with Crippen LogP contribution in [0.25, 0.3) is 0 Å². The molecule has 1 rings (SSSR count). The number of Topliss-reactive ketones (excluding diaryl/α,β-unsaturated/α-hetero) is 1. The fourth-order valence-electron chi connectivity index (χ4n) is 2.74. The van der Waals surface area contributed by atoms with Crippen LogP contribution in [0.15, 0.2) is 0 Å². The highest BCUT2D eigenvalue weighted by Gasteiger charge is 2.48. The van der Waals surface area contributed by atoms with Gasteiger partial charge in [0.25, 0.3) is 0 Å². The predicted octanol–water partition coefficient (Wildman–Crippen LogP) is 2.10. The summed E-state index contributed by atoms with van der Waals surface area (Å²) in [5.41, 5.74) is -1.43. The standard InChI is InChI=1S/C13H21NO3S/c1-12(2)6-4-7-13(10-14,11(12)15)8-5-9-18(3,16)17/h4-9H2,1-3H3. The molecule has 0 spiro atoms. The predicted molar refractivity (Wildman–Crippen MR) is 69.6 cm³/mol. The van der Waals surface area contributed by atoms with Crippen molar-refractivity contribution in [2.24, 2.45) is 10.8 Å². The molecule has 0 radical (unpaired) electrons. The van der Waals surface area contributed by atoms with Crippen molar-refractivity contribution in [2.45, 2.75) is 46.0 Å². The molecule has 0 bridgehead atoms. The lowest BCUT2D eigenvalue weighted by Gasteiger charge is -2.39. The van der Waals surface area contributed by atoms with Gasteiger partial charge in [-0.3, -0.25) is 4.79 Å². The zero-order chi connectivity index (χ0) is 14.0. The Balaban J connectivity index is 2.81. The first kappa shape index (κ1) is 15.2. The molecule has 1 saturated carbocycles. The minimum absolute atomic E-state index is 0.0164. The van der Waals surface area contributed by atoms with Gasteiger partial charge in [-0.25, -0.2) is 8.42 Å². The van der Waals surface area contributed by atoms with Crippen LogP contribution in [0.1, 0.15) is 46.0 Å². The Hall–Kier alpha value is -0.890. The van der Waals surface area contributed by atoms with E-state index < -0.39 is 20.7 Å². The van der Waals surface area contributed by atoms with Crippen LogP contribution in [-0.2, 0) is 14.6 Å². The molecular formula is C13H21NO3S. The van der Waals surface area contributed by atoms with E-state index in [0.29, 0.717) is 19.3 Å². The van der Waals surface area contributed by atoms with Crippen LogP contribution in [0.3, 0.4) is 0 Å². The third-order valence-corrected chi connectivity index (χ3v) is 4.82. The zero-order valence-electron chi connectivity index (χ0n) is 11.3. The van der Waals surface area contributed by atoms with Gasteiger partial charge in [0, 0.05) is 17.4 Å². The maximum Gasteiger partial charge on any atom is 0.158 e. The van der Waals surface area contributed by atoms with E-state index >= 15 is 0 Å². The molecule has 1 unspecified atom stereocenters. The highest BCUT2D eigenvalue weighted by molar-refractivity contribution is 7.90. The summed E-state index contributed by atoms with van der Waals surface area (Å²) in [5.74, 6) is 0.0293. The second-order valence-corrected chi connectivity index (χ2v) is 8.25. The van der Waals surface area contributed by atoms with Crippen LogP contribution in [0, 0.1) is 22.2 Å². The van der Waals surface area contributed by atoms with Gasteiger partial charge >= 0.3 is 0 Å². The molecule has 0 aromatic rings. The fourth-order valence-corrected chi connectivity index (χ4v) is 3.41. The summed E-state index contributed by atoms with van der Waals surface area (Å²) in [7, 11) is -3.03. The molecule has 0 N–H and O–H groups in total. The summed E-state index contributed by atoms with van der Waals surface area (Å²) in [4.78, 5) is 12.4. The molecule has 0 aromatic heterocycles. The Morgan fingerprint density at radius 3 is 2.44 bits per heavy atom. The largest absolute Gasteiger partial charge is 0.297 e. The number of nitriles is 1. The van der Waals surface area contributed by atoms with E-state index in [4.69, 9.17) is 0 Å². The highest BCUT2D eigenvalue weighted by atomic mass is 32.2. The minimum Gasteiger partial charge on any atom is -0.297 e. The third kappa shape index (κ3) is 3.32. The molecule has 0 saturated heterocycles. The molecule has 0 amide bonds. The number of carbonyl (C=O) groups is 1. The van der Waals surface area contributed by atoms with Crippen LogP contribution in [0.2, 0.25) is 0 Å². The lowest BCUT2D eigenvalue weighted by atomic mass is 9.61. The third-order valence-electron chi connectivity index (χ3n) is 3.79. The second-order valence-electron chi connectivity index (χ2n) is 5.99. The SMILES string of the molecule is CC1(C)CCCC(C#N)(CCCS(C)(=O)=O)C1=O. The van der Waals surface area contributed by atoms with Crippen LogP contribution in [-0.4, -0.2) is 26.2 Å². The molecule has 1 fully saturated rings. The zero-order valence-corrected chi connectivity index (χ0v) is 12.1. The molecule has 4 nitrogen and oxygen atoms in total. The number of hydrogen-bond acceptors (Lipinski definition) is 4. The normalized spacial score (nSPS) is 27.8. The highest BCUT2D eigenvalue weighted by Crippen LogP contribution is 2.45. The van der Waals surface area contributed by atoms with E-state index in [9.17, 15) is 18.5 Å². The molecule has 0 aliphatic heterocycles. The van der Waals surface area contributed by atoms with Gasteiger partial charge in [-0.05, 0) is 25.7 Å². The topological polar surface area (TPSA) is 75.0 Å². The quantitative estimate of drug-likeness (QED) is 0.784. The van der Waals surface area contributed by atoms with Crippen LogP contribution >= 0.6 is 0 Å². The van der Waals surface area contributed by atoms with Crippen LogP contribution < -0.4 is 0 Å². The van der Waals surface area contributed by atoms with Gasteiger partial charge in [-0.2, -0.15) is 5.26 Å². The van der Waals surface area contributed by atoms with Crippen LogP contribution in [0.4, 0.5) is 0 Å². The lowest BCUT2D eigenvalue weighted by molar-refractivity contribution is -0.138. The van der Waals surface area contributed by atoms with Crippen molar-refractivity contribution in [3.05, 3.63) is 0 Å². The Morgan fingerprint density at radius 1 is 1.33 bits per heavy atom. The van der Waals surface area contributed by atoms with Crippen molar-refractivity contribution in [1.82, 2.24) is 0 Å². The van der Waals surface area contributed by atoms with E-state index in [1.54, 1.807) is 0 Å². The lowest BCUT2D eigenvalue weighted by Crippen LogP contribution is -2.43. The summed E-state index contributed by atoms with van der Waals surface area (Å²) >= 11 is 0. The number of sulfone groups is 1. The maximum atomic E-state index is 12.4. The van der Waals surface area contributed by atoms with Crippen molar-refractivity contribution in [3.63, 3.8) is 0 Å². The molecule has 18 heavy (non-hydrogen) atoms. The fraction of sp³-hybridized carbons (Fsp3) is 0.846. The average molecular weight is 271 g/mol. The minimum atomic E-state index is -3.03. The molecule has 0 heterocycles. The van der Waals surface area contributed by atoms with E-state index in [1.165, 1.54) is 6.26 Å². The van der Waals surface area contributed by atoms with E-state index in [1.807, 2.05) is 13.8 Å². The van der Waals surface area contributed by atoms with Gasteiger partial charge in [0.1, 0.15) is 15.3 Å². The molecule has 1 aliphatic carbocycles. The van der Waals surface area contributed by atoms with E-state index in [0.717, 1.165) is 12.8 Å². The first-order valence-electron chi connectivity index (χ1n) is 6.27. The Labute approximate surface area is 109 Å². The maximum absolute atomic E-state index is 12.4. The van der Waals surface area contributed by atoms with Gasteiger partial charge in [-0.15, -0.1) is 0 Å². The Bertz CT molecular complexity index is 473. The Kier molecular flexibility index (Phi) is 4.22. The first-order chi connectivity index (χ1) is 8.13. The summed E-state index contributed by atoms with van der Waals surface area (Å²) in [5, 5.41) is 9.35. The van der Waals surface area contributed by atoms with E-state index in [-0.39, 0.29) is 11.5 Å². The summed E-state index contributed by atoms with van der Waals surface area (Å²) in [6, 6.07) is 2.16. The average Bonchev–Trinajstić information content (AvgIpc) is 2.23. The number of rotatable bonds is 4. The molecule has 5 heteroatoms. The van der Waals surface area contributed by atoms with Gasteiger partial charge in [0.2, 0.25) is 0 Å². The summed E-state index contributed by atoms with van der Waals surface area (Å²) in [6.07, 6.45) is 4.15. The van der Waals surface area contributed by atoms with Crippen LogP contribution in [0.5, 0.6) is 0 Å². The summed E-state index contributed by atoms with van der Waals surface area (Å²) < 4.78 is 22.2. The summed E-state index contributed by atoms with van der Waals surface area (Å²) in [6.45, 7) is 3.74. The number of ketones is 1. The van der Waals surface area contributed by atoms with Gasteiger partial charge in [0.05, 0.1) is 6.07 Å². The van der Waals surface area contributed by atoms with Crippen molar-refractivity contribution < 1.29 is 13.2 Å². The number of hydrogen-bond donors (Lipinski definition) is 0. The van der Waals surface area contributed by atoms with Crippen molar-refractivity contribution in [3.8, 4) is 6.07 Å². The number of carbonyl (C=O) groups excluding carboxylic acids is 1. The molecule has 1 atom stereocenters.